The highest BCUT2D eigenvalue weighted by atomic mass is 79.9. The molecule has 0 N–H and O–H groups in total. The van der Waals surface area contributed by atoms with E-state index in [1.165, 1.54) is 7.11 Å². The van der Waals surface area contributed by atoms with Crippen molar-refractivity contribution >= 4 is 15.9 Å². The van der Waals surface area contributed by atoms with Crippen LogP contribution in [0.4, 0.5) is 13.2 Å². The van der Waals surface area contributed by atoms with Gasteiger partial charge in [0.1, 0.15) is 5.75 Å². The maximum absolute atomic E-state index is 12.2. The third-order valence-electron chi connectivity index (χ3n) is 2.18. The Morgan fingerprint density at radius 1 is 1.35 bits per heavy atom. The van der Waals surface area contributed by atoms with Crippen LogP contribution in [0.3, 0.4) is 0 Å². The van der Waals surface area contributed by atoms with E-state index >= 15 is 0 Å². The molecule has 0 heterocycles. The Balaban J connectivity index is 2.61. The van der Waals surface area contributed by atoms with Crippen molar-refractivity contribution in [3.8, 4) is 5.75 Å². The SMILES string of the molecule is COc1ccc(COC(C)C(F)(F)F)cc1Br. The highest BCUT2D eigenvalue weighted by Crippen LogP contribution is 2.27. The van der Waals surface area contributed by atoms with Crippen molar-refractivity contribution < 1.29 is 22.6 Å². The molecule has 0 spiro atoms. The molecule has 1 aromatic carbocycles. The first kappa shape index (κ1) is 14.3. The molecule has 6 heteroatoms. The fourth-order valence-corrected chi connectivity index (χ4v) is 1.70. The van der Waals surface area contributed by atoms with Crippen molar-refractivity contribution in [1.29, 1.82) is 0 Å². The fourth-order valence-electron chi connectivity index (χ4n) is 1.12. The van der Waals surface area contributed by atoms with Crippen LogP contribution in [0.15, 0.2) is 22.7 Å². The number of hydrogen-bond acceptors (Lipinski definition) is 2. The number of methoxy groups -OCH3 is 1. The van der Waals surface area contributed by atoms with Gasteiger partial charge < -0.3 is 9.47 Å². The highest BCUT2D eigenvalue weighted by Gasteiger charge is 2.36. The largest absolute Gasteiger partial charge is 0.496 e. The van der Waals surface area contributed by atoms with E-state index in [4.69, 9.17) is 9.47 Å². The first-order valence-electron chi connectivity index (χ1n) is 4.85. The summed E-state index contributed by atoms with van der Waals surface area (Å²) in [5.41, 5.74) is 0.647. The molecule has 2 nitrogen and oxygen atoms in total. The van der Waals surface area contributed by atoms with Crippen LogP contribution in [0, 0.1) is 0 Å². The number of benzene rings is 1. The van der Waals surface area contributed by atoms with Gasteiger partial charge in [0, 0.05) is 0 Å². The summed E-state index contributed by atoms with van der Waals surface area (Å²) in [6, 6.07) is 5.00. The molecule has 0 aromatic heterocycles. The van der Waals surface area contributed by atoms with Crippen LogP contribution >= 0.6 is 15.9 Å². The quantitative estimate of drug-likeness (QED) is 0.839. The van der Waals surface area contributed by atoms with Crippen LogP contribution in [0.5, 0.6) is 5.75 Å². The predicted molar refractivity (Wildman–Crippen MR) is 61.0 cm³/mol. The summed E-state index contributed by atoms with van der Waals surface area (Å²) in [5.74, 6) is 0.623. The Labute approximate surface area is 106 Å². The van der Waals surface area contributed by atoms with Gasteiger partial charge in [0.15, 0.2) is 6.10 Å². The van der Waals surface area contributed by atoms with Crippen molar-refractivity contribution in [2.24, 2.45) is 0 Å². The molecule has 1 unspecified atom stereocenters. The Morgan fingerprint density at radius 2 is 2.00 bits per heavy atom. The molecule has 17 heavy (non-hydrogen) atoms. The van der Waals surface area contributed by atoms with Crippen LogP contribution in [-0.4, -0.2) is 19.4 Å². The smallest absolute Gasteiger partial charge is 0.414 e. The molecule has 96 valence electrons. The maximum atomic E-state index is 12.2. The summed E-state index contributed by atoms with van der Waals surface area (Å²) in [7, 11) is 1.52. The van der Waals surface area contributed by atoms with Gasteiger partial charge in [-0.25, -0.2) is 0 Å². The minimum absolute atomic E-state index is 0.0940. The second-order valence-electron chi connectivity index (χ2n) is 3.46. The first-order valence-corrected chi connectivity index (χ1v) is 5.64. The Bertz CT molecular complexity index is 379. The normalized spacial score (nSPS) is 13.5. The predicted octanol–water partition coefficient (Wildman–Crippen LogP) is 3.93. The molecular formula is C11H12BrF3O2. The molecule has 1 rings (SSSR count). The lowest BCUT2D eigenvalue weighted by Crippen LogP contribution is -2.28. The van der Waals surface area contributed by atoms with Crippen molar-refractivity contribution in [2.75, 3.05) is 7.11 Å². The molecule has 0 aliphatic heterocycles. The zero-order valence-electron chi connectivity index (χ0n) is 9.34. The van der Waals surface area contributed by atoms with E-state index in [9.17, 15) is 13.2 Å². The standard InChI is InChI=1S/C11H12BrF3O2/c1-7(11(13,14)15)17-6-8-3-4-10(16-2)9(12)5-8/h3-5,7H,6H2,1-2H3. The number of ether oxygens (including phenoxy) is 2. The van der Waals surface area contributed by atoms with Gasteiger partial charge in [-0.15, -0.1) is 0 Å². The molecule has 1 atom stereocenters. The van der Waals surface area contributed by atoms with Gasteiger partial charge in [0.25, 0.3) is 0 Å². The lowest BCUT2D eigenvalue weighted by Gasteiger charge is -2.16. The summed E-state index contributed by atoms with van der Waals surface area (Å²) in [5, 5.41) is 0. The van der Waals surface area contributed by atoms with Crippen molar-refractivity contribution in [3.05, 3.63) is 28.2 Å². The van der Waals surface area contributed by atoms with Gasteiger partial charge in [-0.1, -0.05) is 6.07 Å². The highest BCUT2D eigenvalue weighted by molar-refractivity contribution is 9.10. The van der Waals surface area contributed by atoms with Gasteiger partial charge in [0.05, 0.1) is 18.2 Å². The number of alkyl halides is 3. The van der Waals surface area contributed by atoms with Gasteiger partial charge in [0.2, 0.25) is 0 Å². The number of halogens is 4. The lowest BCUT2D eigenvalue weighted by atomic mass is 10.2. The molecule has 0 amide bonds. The maximum Gasteiger partial charge on any atom is 0.414 e. The average Bonchev–Trinajstić information content (AvgIpc) is 2.24. The third kappa shape index (κ3) is 4.20. The van der Waals surface area contributed by atoms with Crippen molar-refractivity contribution in [3.63, 3.8) is 0 Å². The zero-order valence-corrected chi connectivity index (χ0v) is 10.9. The summed E-state index contributed by atoms with van der Waals surface area (Å²) < 4.78 is 47.0. The lowest BCUT2D eigenvalue weighted by molar-refractivity contribution is -0.217. The topological polar surface area (TPSA) is 18.5 Å². The third-order valence-corrected chi connectivity index (χ3v) is 2.80. The zero-order chi connectivity index (χ0) is 13.1. The second kappa shape index (κ2) is 5.73. The minimum atomic E-state index is -4.33. The van der Waals surface area contributed by atoms with Gasteiger partial charge in [-0.3, -0.25) is 0 Å². The van der Waals surface area contributed by atoms with E-state index in [-0.39, 0.29) is 6.61 Å². The number of rotatable bonds is 4. The van der Waals surface area contributed by atoms with Gasteiger partial charge >= 0.3 is 6.18 Å². The fraction of sp³-hybridized carbons (Fsp3) is 0.455. The Morgan fingerprint density at radius 3 is 2.47 bits per heavy atom. The van der Waals surface area contributed by atoms with Crippen molar-refractivity contribution in [2.45, 2.75) is 25.8 Å². The Hall–Kier alpha value is -0.750. The molecule has 0 saturated carbocycles. The van der Waals surface area contributed by atoms with Crippen LogP contribution in [0.1, 0.15) is 12.5 Å². The summed E-state index contributed by atoms with van der Waals surface area (Å²) in [6.07, 6.45) is -6.10. The van der Waals surface area contributed by atoms with Crippen LogP contribution in [0.2, 0.25) is 0 Å². The molecule has 0 aliphatic rings. The minimum Gasteiger partial charge on any atom is -0.496 e. The molecule has 0 bridgehead atoms. The van der Waals surface area contributed by atoms with Gasteiger partial charge in [-0.05, 0) is 40.5 Å². The van der Waals surface area contributed by atoms with E-state index in [1.807, 2.05) is 0 Å². The molecule has 1 aromatic rings. The monoisotopic (exact) mass is 312 g/mol. The van der Waals surface area contributed by atoms with Crippen molar-refractivity contribution in [1.82, 2.24) is 0 Å². The summed E-state index contributed by atoms with van der Waals surface area (Å²) in [6.45, 7) is 0.891. The first-order chi connectivity index (χ1) is 7.84. The van der Waals surface area contributed by atoms with E-state index < -0.39 is 12.3 Å². The molecule has 0 radical (unpaired) electrons. The van der Waals surface area contributed by atoms with E-state index in [0.29, 0.717) is 15.8 Å². The molecule has 0 aliphatic carbocycles. The van der Waals surface area contributed by atoms with E-state index in [1.54, 1.807) is 18.2 Å². The summed E-state index contributed by atoms with van der Waals surface area (Å²) >= 11 is 3.25. The van der Waals surface area contributed by atoms with Crippen LogP contribution < -0.4 is 4.74 Å². The average molecular weight is 313 g/mol. The van der Waals surface area contributed by atoms with Gasteiger partial charge in [-0.2, -0.15) is 13.2 Å². The second-order valence-corrected chi connectivity index (χ2v) is 4.32. The molecule has 0 fully saturated rings. The molecule has 0 saturated heterocycles. The molecular weight excluding hydrogens is 301 g/mol. The summed E-state index contributed by atoms with van der Waals surface area (Å²) in [4.78, 5) is 0. The van der Waals surface area contributed by atoms with E-state index in [0.717, 1.165) is 6.92 Å². The van der Waals surface area contributed by atoms with Crippen LogP contribution in [-0.2, 0) is 11.3 Å². The Kier molecular flexibility index (Phi) is 4.82. The van der Waals surface area contributed by atoms with E-state index in [2.05, 4.69) is 15.9 Å². The number of hydrogen-bond donors (Lipinski definition) is 0. The van der Waals surface area contributed by atoms with Crippen LogP contribution in [0.25, 0.3) is 0 Å².